The Balaban J connectivity index is 1.43. The second-order valence-electron chi connectivity index (χ2n) is 7.97. The number of carbonyl (C=O) groups is 1. The molecule has 31 heavy (non-hydrogen) atoms. The van der Waals surface area contributed by atoms with Gasteiger partial charge in [0.1, 0.15) is 18.5 Å². The number of benzene rings is 3. The van der Waals surface area contributed by atoms with Gasteiger partial charge in [0.05, 0.1) is 7.11 Å². The Bertz CT molecular complexity index is 935. The van der Waals surface area contributed by atoms with Crippen molar-refractivity contribution in [2.24, 2.45) is 0 Å². The van der Waals surface area contributed by atoms with Crippen molar-refractivity contribution in [2.75, 3.05) is 26.8 Å². The number of carbonyl (C=O) groups excluding carboxylic acids is 1. The molecular formula is C27H29NO3. The third-order valence-electron chi connectivity index (χ3n) is 5.92. The molecule has 4 heteroatoms. The van der Waals surface area contributed by atoms with Crippen LogP contribution < -0.4 is 4.74 Å². The third-order valence-corrected chi connectivity index (χ3v) is 5.92. The third kappa shape index (κ3) is 5.33. The first-order valence-electron chi connectivity index (χ1n) is 10.9. The molecule has 1 heterocycles. The molecule has 0 radical (unpaired) electrons. The van der Waals surface area contributed by atoms with Gasteiger partial charge < -0.3 is 14.4 Å². The lowest BCUT2D eigenvalue weighted by Gasteiger charge is -2.33. The van der Waals surface area contributed by atoms with Gasteiger partial charge in [-0.05, 0) is 41.7 Å². The van der Waals surface area contributed by atoms with E-state index in [2.05, 4.69) is 12.1 Å². The van der Waals surface area contributed by atoms with Gasteiger partial charge in [-0.15, -0.1) is 0 Å². The molecule has 0 spiro atoms. The molecule has 3 aromatic rings. The van der Waals surface area contributed by atoms with Crippen LogP contribution >= 0.6 is 0 Å². The van der Waals surface area contributed by atoms with Gasteiger partial charge in [0.15, 0.2) is 0 Å². The molecule has 0 aliphatic carbocycles. The second-order valence-corrected chi connectivity index (χ2v) is 7.97. The number of likely N-dealkylation sites (tertiary alicyclic amines) is 1. The number of piperidine rings is 1. The summed E-state index contributed by atoms with van der Waals surface area (Å²) in [4.78, 5) is 15.0. The summed E-state index contributed by atoms with van der Waals surface area (Å²) in [5, 5.41) is 0. The van der Waals surface area contributed by atoms with Gasteiger partial charge in [-0.1, -0.05) is 72.8 Å². The summed E-state index contributed by atoms with van der Waals surface area (Å²) in [7, 11) is 1.68. The predicted molar refractivity (Wildman–Crippen MR) is 122 cm³/mol. The van der Waals surface area contributed by atoms with Crippen LogP contribution in [0, 0.1) is 0 Å². The van der Waals surface area contributed by atoms with Crippen LogP contribution in [-0.2, 0) is 9.53 Å². The van der Waals surface area contributed by atoms with Crippen LogP contribution in [0.2, 0.25) is 0 Å². The maximum Gasteiger partial charge on any atom is 0.248 e. The SMILES string of the molecule is COc1cccc(C2CCCN(C(=O)COC(c3ccccc3)c3ccccc3)C2)c1. The highest BCUT2D eigenvalue weighted by Gasteiger charge is 2.26. The average Bonchev–Trinajstić information content (AvgIpc) is 2.85. The number of rotatable bonds is 7. The normalized spacial score (nSPS) is 16.3. The van der Waals surface area contributed by atoms with Crippen molar-refractivity contribution >= 4 is 5.91 Å². The van der Waals surface area contributed by atoms with E-state index in [1.807, 2.05) is 77.7 Å². The number of methoxy groups -OCH3 is 1. The van der Waals surface area contributed by atoms with Gasteiger partial charge in [-0.3, -0.25) is 4.79 Å². The first-order valence-corrected chi connectivity index (χ1v) is 10.9. The Morgan fingerprint density at radius 2 is 1.65 bits per heavy atom. The van der Waals surface area contributed by atoms with Crippen molar-refractivity contribution in [3.63, 3.8) is 0 Å². The quantitative estimate of drug-likeness (QED) is 0.532. The minimum atomic E-state index is -0.259. The van der Waals surface area contributed by atoms with Crippen molar-refractivity contribution < 1.29 is 14.3 Å². The topological polar surface area (TPSA) is 38.8 Å². The molecule has 4 rings (SSSR count). The molecule has 1 amide bonds. The molecule has 1 atom stereocenters. The van der Waals surface area contributed by atoms with Gasteiger partial charge in [-0.25, -0.2) is 0 Å². The lowest BCUT2D eigenvalue weighted by Crippen LogP contribution is -2.41. The van der Waals surface area contributed by atoms with Gasteiger partial charge in [0.2, 0.25) is 5.91 Å². The van der Waals surface area contributed by atoms with E-state index in [9.17, 15) is 4.79 Å². The molecule has 4 nitrogen and oxygen atoms in total. The van der Waals surface area contributed by atoms with E-state index < -0.39 is 0 Å². The molecule has 1 saturated heterocycles. The van der Waals surface area contributed by atoms with Crippen LogP contribution in [0.3, 0.4) is 0 Å². The van der Waals surface area contributed by atoms with Crippen molar-refractivity contribution in [3.05, 3.63) is 102 Å². The van der Waals surface area contributed by atoms with Crippen LogP contribution in [0.5, 0.6) is 5.75 Å². The van der Waals surface area contributed by atoms with Crippen LogP contribution in [0.25, 0.3) is 0 Å². The van der Waals surface area contributed by atoms with Gasteiger partial charge >= 0.3 is 0 Å². The van der Waals surface area contributed by atoms with Gasteiger partial charge in [0.25, 0.3) is 0 Å². The molecular weight excluding hydrogens is 386 g/mol. The monoisotopic (exact) mass is 415 g/mol. The summed E-state index contributed by atoms with van der Waals surface area (Å²) in [6.45, 7) is 1.57. The lowest BCUT2D eigenvalue weighted by molar-refractivity contribution is -0.138. The van der Waals surface area contributed by atoms with Gasteiger partial charge in [0, 0.05) is 19.0 Å². The van der Waals surface area contributed by atoms with Crippen LogP contribution in [-0.4, -0.2) is 37.6 Å². The minimum absolute atomic E-state index is 0.0458. The summed E-state index contributed by atoms with van der Waals surface area (Å²) in [5.74, 6) is 1.23. The largest absolute Gasteiger partial charge is 0.497 e. The Kier molecular flexibility index (Phi) is 7.00. The van der Waals surface area contributed by atoms with E-state index in [0.717, 1.165) is 42.8 Å². The fourth-order valence-corrected chi connectivity index (χ4v) is 4.26. The summed E-state index contributed by atoms with van der Waals surface area (Å²) in [5.41, 5.74) is 3.33. The van der Waals surface area contributed by atoms with E-state index in [1.54, 1.807) is 7.11 Å². The molecule has 0 bridgehead atoms. The highest BCUT2D eigenvalue weighted by molar-refractivity contribution is 5.77. The molecule has 0 saturated carbocycles. The van der Waals surface area contributed by atoms with Crippen molar-refractivity contribution in [2.45, 2.75) is 24.9 Å². The predicted octanol–water partition coefficient (Wildman–Crippen LogP) is 5.21. The minimum Gasteiger partial charge on any atom is -0.497 e. The number of hydrogen-bond donors (Lipinski definition) is 0. The Labute approximate surface area is 184 Å². The second kappa shape index (κ2) is 10.3. The number of amides is 1. The van der Waals surface area contributed by atoms with E-state index >= 15 is 0 Å². The maximum atomic E-state index is 13.0. The molecule has 3 aromatic carbocycles. The lowest BCUT2D eigenvalue weighted by atomic mass is 9.90. The average molecular weight is 416 g/mol. The molecule has 1 fully saturated rings. The fraction of sp³-hybridized carbons (Fsp3) is 0.296. The Morgan fingerprint density at radius 3 is 2.29 bits per heavy atom. The standard InChI is InChI=1S/C27H29NO3/c1-30-25-16-8-14-23(18-25)24-15-9-17-28(19-24)26(29)20-31-27(21-10-4-2-5-11-21)22-12-6-3-7-13-22/h2-8,10-14,16,18,24,27H,9,15,17,19-20H2,1H3. The van der Waals surface area contributed by atoms with E-state index in [4.69, 9.17) is 9.47 Å². The van der Waals surface area contributed by atoms with Crippen molar-refractivity contribution in [3.8, 4) is 5.75 Å². The van der Waals surface area contributed by atoms with Crippen molar-refractivity contribution in [1.82, 2.24) is 4.90 Å². The molecule has 0 aromatic heterocycles. The van der Waals surface area contributed by atoms with Crippen molar-refractivity contribution in [1.29, 1.82) is 0 Å². The zero-order valence-corrected chi connectivity index (χ0v) is 17.9. The van der Waals surface area contributed by atoms with E-state index in [0.29, 0.717) is 5.92 Å². The van der Waals surface area contributed by atoms with Gasteiger partial charge in [-0.2, -0.15) is 0 Å². The summed E-state index contributed by atoms with van der Waals surface area (Å²) in [6, 6.07) is 28.3. The van der Waals surface area contributed by atoms with Crippen LogP contribution in [0.4, 0.5) is 0 Å². The van der Waals surface area contributed by atoms with Crippen LogP contribution in [0.15, 0.2) is 84.9 Å². The van der Waals surface area contributed by atoms with E-state index in [-0.39, 0.29) is 18.6 Å². The highest BCUT2D eigenvalue weighted by atomic mass is 16.5. The van der Waals surface area contributed by atoms with E-state index in [1.165, 1.54) is 5.56 Å². The first kappa shape index (κ1) is 21.1. The first-order chi connectivity index (χ1) is 15.2. The fourth-order valence-electron chi connectivity index (χ4n) is 4.26. The summed E-state index contributed by atoms with van der Waals surface area (Å²) >= 11 is 0. The smallest absolute Gasteiger partial charge is 0.248 e. The number of nitrogens with zero attached hydrogens (tertiary/aromatic N) is 1. The Morgan fingerprint density at radius 1 is 0.968 bits per heavy atom. The molecule has 1 aliphatic rings. The Hall–Kier alpha value is -3.11. The number of hydrogen-bond acceptors (Lipinski definition) is 3. The summed E-state index contributed by atoms with van der Waals surface area (Å²) in [6.07, 6.45) is 1.81. The molecule has 0 N–H and O–H groups in total. The molecule has 160 valence electrons. The molecule has 1 unspecified atom stereocenters. The maximum absolute atomic E-state index is 13.0. The van der Waals surface area contributed by atoms with Crippen LogP contribution in [0.1, 0.15) is 41.6 Å². The molecule has 1 aliphatic heterocycles. The number of ether oxygens (including phenoxy) is 2. The zero-order chi connectivity index (χ0) is 21.5. The highest BCUT2D eigenvalue weighted by Crippen LogP contribution is 2.30. The summed E-state index contributed by atoms with van der Waals surface area (Å²) < 4.78 is 11.6. The zero-order valence-electron chi connectivity index (χ0n) is 17.9.